The average molecular weight is 313 g/mol. The van der Waals surface area contributed by atoms with Crippen LogP contribution in [0.2, 0.25) is 0 Å². The van der Waals surface area contributed by atoms with Crippen molar-refractivity contribution < 1.29 is 9.84 Å². The minimum absolute atomic E-state index is 0.0508. The molecule has 0 aliphatic carbocycles. The molecule has 0 aliphatic heterocycles. The topological polar surface area (TPSA) is 41.5 Å². The number of nitrogens with one attached hydrogen (secondary N) is 1. The van der Waals surface area contributed by atoms with Crippen LogP contribution >= 0.6 is 11.3 Å². The zero-order chi connectivity index (χ0) is 15.4. The molecule has 0 aliphatic rings. The summed E-state index contributed by atoms with van der Waals surface area (Å²) in [6.45, 7) is 0.779. The second-order valence-electron chi connectivity index (χ2n) is 5.15. The quantitative estimate of drug-likeness (QED) is 0.728. The zero-order valence-electron chi connectivity index (χ0n) is 12.5. The van der Waals surface area contributed by atoms with Gasteiger partial charge >= 0.3 is 0 Å². The molecule has 114 valence electrons. The van der Waals surface area contributed by atoms with Crippen LogP contribution in [0, 0.1) is 0 Å². The molecule has 0 saturated heterocycles. The van der Waals surface area contributed by atoms with Crippen LogP contribution in [0.25, 0.3) is 10.1 Å². The van der Waals surface area contributed by atoms with E-state index in [0.717, 1.165) is 17.9 Å². The molecule has 1 unspecified atom stereocenters. The van der Waals surface area contributed by atoms with Gasteiger partial charge in [0.05, 0.1) is 19.8 Å². The third kappa shape index (κ3) is 3.14. The Balaban J connectivity index is 1.75. The molecular weight excluding hydrogens is 294 g/mol. The first-order valence-corrected chi connectivity index (χ1v) is 8.13. The van der Waals surface area contributed by atoms with Crippen molar-refractivity contribution in [2.24, 2.45) is 0 Å². The summed E-state index contributed by atoms with van der Waals surface area (Å²) in [5.41, 5.74) is 2.29. The maximum Gasteiger partial charge on any atom is 0.119 e. The van der Waals surface area contributed by atoms with Crippen molar-refractivity contribution in [3.63, 3.8) is 0 Å². The SMILES string of the molecule is COc1cccc(C(CO)NCc2csc3ccccc23)c1. The van der Waals surface area contributed by atoms with Gasteiger partial charge in [0.2, 0.25) is 0 Å². The summed E-state index contributed by atoms with van der Waals surface area (Å²) >= 11 is 1.75. The Hall–Kier alpha value is -1.88. The fourth-order valence-corrected chi connectivity index (χ4v) is 3.51. The maximum atomic E-state index is 9.68. The van der Waals surface area contributed by atoms with Gasteiger partial charge in [-0.2, -0.15) is 0 Å². The molecule has 1 atom stereocenters. The van der Waals surface area contributed by atoms with Gasteiger partial charge in [-0.05, 0) is 40.1 Å². The highest BCUT2D eigenvalue weighted by Gasteiger charge is 2.12. The van der Waals surface area contributed by atoms with Crippen LogP contribution in [0.5, 0.6) is 5.75 Å². The van der Waals surface area contributed by atoms with E-state index >= 15 is 0 Å². The third-order valence-corrected chi connectivity index (χ3v) is 4.79. The minimum atomic E-state index is -0.103. The molecule has 0 saturated carbocycles. The van der Waals surface area contributed by atoms with Crippen molar-refractivity contribution in [1.29, 1.82) is 0 Å². The molecule has 1 aromatic heterocycles. The van der Waals surface area contributed by atoms with E-state index in [9.17, 15) is 5.11 Å². The Morgan fingerprint density at radius 1 is 1.18 bits per heavy atom. The molecule has 0 amide bonds. The lowest BCUT2D eigenvalue weighted by atomic mass is 10.1. The number of aliphatic hydroxyl groups is 1. The molecule has 22 heavy (non-hydrogen) atoms. The van der Waals surface area contributed by atoms with Gasteiger partial charge in [-0.3, -0.25) is 0 Å². The van der Waals surface area contributed by atoms with Crippen molar-refractivity contribution in [2.75, 3.05) is 13.7 Å². The number of methoxy groups -OCH3 is 1. The molecule has 3 rings (SSSR count). The summed E-state index contributed by atoms with van der Waals surface area (Å²) in [4.78, 5) is 0. The highest BCUT2D eigenvalue weighted by Crippen LogP contribution is 2.26. The van der Waals surface area contributed by atoms with Gasteiger partial charge in [0.25, 0.3) is 0 Å². The molecule has 1 heterocycles. The predicted octanol–water partition coefficient (Wildman–Crippen LogP) is 3.73. The zero-order valence-corrected chi connectivity index (χ0v) is 13.3. The Kier molecular flexibility index (Phi) is 4.73. The number of ether oxygens (including phenoxy) is 1. The van der Waals surface area contributed by atoms with E-state index in [1.807, 2.05) is 24.3 Å². The van der Waals surface area contributed by atoms with Gasteiger partial charge in [-0.25, -0.2) is 0 Å². The number of fused-ring (bicyclic) bond motifs is 1. The monoisotopic (exact) mass is 313 g/mol. The maximum absolute atomic E-state index is 9.68. The fraction of sp³-hybridized carbons (Fsp3) is 0.222. The summed E-state index contributed by atoms with van der Waals surface area (Å²) < 4.78 is 6.54. The first-order chi connectivity index (χ1) is 10.8. The largest absolute Gasteiger partial charge is 0.497 e. The van der Waals surface area contributed by atoms with Gasteiger partial charge < -0.3 is 15.2 Å². The van der Waals surface area contributed by atoms with Crippen molar-refractivity contribution >= 4 is 21.4 Å². The van der Waals surface area contributed by atoms with Crippen molar-refractivity contribution in [3.8, 4) is 5.75 Å². The third-order valence-electron chi connectivity index (χ3n) is 3.78. The first kappa shape index (κ1) is 15.0. The van der Waals surface area contributed by atoms with Crippen LogP contribution in [-0.2, 0) is 6.54 Å². The number of benzene rings is 2. The number of aliphatic hydroxyl groups excluding tert-OH is 1. The van der Waals surface area contributed by atoms with Crippen molar-refractivity contribution in [3.05, 3.63) is 65.0 Å². The molecule has 0 radical (unpaired) electrons. The van der Waals surface area contributed by atoms with E-state index in [2.05, 4.69) is 35.0 Å². The van der Waals surface area contributed by atoms with Gasteiger partial charge in [-0.15, -0.1) is 11.3 Å². The Morgan fingerprint density at radius 3 is 2.86 bits per heavy atom. The van der Waals surface area contributed by atoms with E-state index in [1.54, 1.807) is 18.4 Å². The van der Waals surface area contributed by atoms with E-state index in [0.29, 0.717) is 0 Å². The lowest BCUT2D eigenvalue weighted by Gasteiger charge is -2.17. The Bertz CT molecular complexity index is 753. The van der Waals surface area contributed by atoms with Gasteiger partial charge in [0.15, 0.2) is 0 Å². The fourth-order valence-electron chi connectivity index (χ4n) is 2.55. The summed E-state index contributed by atoms with van der Waals surface area (Å²) in [5, 5.41) is 16.6. The number of hydrogen-bond acceptors (Lipinski definition) is 4. The summed E-state index contributed by atoms with van der Waals surface area (Å²) in [5.74, 6) is 0.804. The van der Waals surface area contributed by atoms with Gasteiger partial charge in [0.1, 0.15) is 5.75 Å². The van der Waals surface area contributed by atoms with Gasteiger partial charge in [0, 0.05) is 11.2 Å². The summed E-state index contributed by atoms with van der Waals surface area (Å²) in [6, 6.07) is 16.1. The minimum Gasteiger partial charge on any atom is -0.497 e. The lowest BCUT2D eigenvalue weighted by molar-refractivity contribution is 0.243. The number of hydrogen-bond donors (Lipinski definition) is 2. The highest BCUT2D eigenvalue weighted by molar-refractivity contribution is 7.17. The van der Waals surface area contributed by atoms with Crippen LogP contribution in [0.4, 0.5) is 0 Å². The van der Waals surface area contributed by atoms with Crippen LogP contribution in [-0.4, -0.2) is 18.8 Å². The predicted molar refractivity (Wildman–Crippen MR) is 91.5 cm³/mol. The van der Waals surface area contributed by atoms with E-state index < -0.39 is 0 Å². The highest BCUT2D eigenvalue weighted by atomic mass is 32.1. The molecular formula is C18H19NO2S. The molecule has 0 spiro atoms. The smallest absolute Gasteiger partial charge is 0.119 e. The van der Waals surface area contributed by atoms with Crippen molar-refractivity contribution in [1.82, 2.24) is 5.32 Å². The molecule has 3 aromatic rings. The van der Waals surface area contributed by atoms with E-state index in [4.69, 9.17) is 4.74 Å². The summed E-state index contributed by atoms with van der Waals surface area (Å²) in [7, 11) is 1.65. The number of rotatable bonds is 6. The standard InChI is InChI=1S/C18H19NO2S/c1-21-15-6-4-5-13(9-15)17(11-20)19-10-14-12-22-18-8-3-2-7-16(14)18/h2-9,12,17,19-20H,10-11H2,1H3. The Labute approximate surface area is 134 Å². The number of thiophene rings is 1. The van der Waals surface area contributed by atoms with E-state index in [1.165, 1.54) is 15.6 Å². The molecule has 2 N–H and O–H groups in total. The van der Waals surface area contributed by atoms with Crippen LogP contribution in [0.3, 0.4) is 0 Å². The second-order valence-corrected chi connectivity index (χ2v) is 6.06. The molecule has 2 aromatic carbocycles. The van der Waals surface area contributed by atoms with Crippen LogP contribution in [0.15, 0.2) is 53.9 Å². The van der Waals surface area contributed by atoms with Crippen LogP contribution in [0.1, 0.15) is 17.2 Å². The normalized spacial score (nSPS) is 12.5. The molecule has 0 bridgehead atoms. The van der Waals surface area contributed by atoms with Crippen LogP contribution < -0.4 is 10.1 Å². The van der Waals surface area contributed by atoms with Crippen molar-refractivity contribution in [2.45, 2.75) is 12.6 Å². The van der Waals surface area contributed by atoms with Gasteiger partial charge in [-0.1, -0.05) is 30.3 Å². The molecule has 4 heteroatoms. The molecule has 3 nitrogen and oxygen atoms in total. The average Bonchev–Trinajstić information content (AvgIpc) is 2.99. The second kappa shape index (κ2) is 6.92. The first-order valence-electron chi connectivity index (χ1n) is 7.25. The molecule has 0 fully saturated rings. The van der Waals surface area contributed by atoms with E-state index in [-0.39, 0.29) is 12.6 Å². The lowest BCUT2D eigenvalue weighted by Crippen LogP contribution is -2.23. The Morgan fingerprint density at radius 2 is 2.05 bits per heavy atom. The summed E-state index contributed by atoms with van der Waals surface area (Å²) in [6.07, 6.45) is 0.